The molecule has 0 unspecified atom stereocenters. The summed E-state index contributed by atoms with van der Waals surface area (Å²) in [5.74, 6) is 1.69. The summed E-state index contributed by atoms with van der Waals surface area (Å²) < 4.78 is 6.54. The molecule has 5 nitrogen and oxygen atoms in total. The molecule has 0 fully saturated rings. The van der Waals surface area contributed by atoms with Gasteiger partial charge >= 0.3 is 0 Å². The van der Waals surface area contributed by atoms with Crippen molar-refractivity contribution in [1.82, 2.24) is 15.0 Å². The van der Waals surface area contributed by atoms with Gasteiger partial charge in [0, 0.05) is 27.5 Å². The number of hydrogen-bond donors (Lipinski definition) is 0. The van der Waals surface area contributed by atoms with Crippen LogP contribution in [0.25, 0.3) is 89.5 Å². The first-order valence-corrected chi connectivity index (χ1v) is 16.7. The largest absolute Gasteiger partial charge is 0.456 e. The summed E-state index contributed by atoms with van der Waals surface area (Å²) in [6.07, 6.45) is 0. The van der Waals surface area contributed by atoms with Crippen molar-refractivity contribution in [1.29, 1.82) is 5.26 Å². The van der Waals surface area contributed by atoms with Crippen LogP contribution in [0.5, 0.6) is 0 Å². The molecule has 0 aliphatic heterocycles. The van der Waals surface area contributed by atoms with Crippen LogP contribution in [0.15, 0.2) is 174 Å². The summed E-state index contributed by atoms with van der Waals surface area (Å²) in [6.45, 7) is 0. The van der Waals surface area contributed by atoms with Gasteiger partial charge in [-0.1, -0.05) is 133 Å². The van der Waals surface area contributed by atoms with Crippen LogP contribution in [-0.2, 0) is 0 Å². The van der Waals surface area contributed by atoms with E-state index in [-0.39, 0.29) is 0 Å². The van der Waals surface area contributed by atoms with E-state index < -0.39 is 0 Å². The Hall–Kier alpha value is -7.16. The Balaban J connectivity index is 1.18. The number of aromatic nitrogens is 3. The number of hydrogen-bond acceptors (Lipinski definition) is 5. The summed E-state index contributed by atoms with van der Waals surface area (Å²) in [5, 5.41) is 11.6. The fraction of sp³-hybridized carbons (Fsp3) is 0. The van der Waals surface area contributed by atoms with Crippen molar-refractivity contribution in [2.24, 2.45) is 0 Å². The first-order chi connectivity index (χ1) is 25.2. The number of nitrogens with zero attached hydrogens (tertiary/aromatic N) is 4. The van der Waals surface area contributed by atoms with E-state index in [2.05, 4.69) is 84.9 Å². The number of rotatable bonds is 6. The second kappa shape index (κ2) is 12.7. The van der Waals surface area contributed by atoms with Crippen molar-refractivity contribution in [3.8, 4) is 73.6 Å². The van der Waals surface area contributed by atoms with Crippen molar-refractivity contribution in [2.75, 3.05) is 0 Å². The number of nitriles is 1. The average molecular weight is 653 g/mol. The van der Waals surface area contributed by atoms with Gasteiger partial charge < -0.3 is 4.42 Å². The maximum Gasteiger partial charge on any atom is 0.164 e. The molecule has 0 aliphatic carbocycles. The Labute approximate surface area is 294 Å². The summed E-state index contributed by atoms with van der Waals surface area (Å²) in [4.78, 5) is 14.9. The highest BCUT2D eigenvalue weighted by Gasteiger charge is 2.18. The minimum absolute atomic E-state index is 0.549. The molecule has 0 saturated carbocycles. The van der Waals surface area contributed by atoms with E-state index in [9.17, 15) is 5.26 Å². The Bertz CT molecular complexity index is 2760. The predicted molar refractivity (Wildman–Crippen MR) is 204 cm³/mol. The van der Waals surface area contributed by atoms with Crippen LogP contribution in [0.3, 0.4) is 0 Å². The van der Waals surface area contributed by atoms with Crippen LogP contribution < -0.4 is 0 Å². The molecule has 0 spiro atoms. The molecular weight excluding hydrogens is 625 g/mol. The van der Waals surface area contributed by atoms with E-state index in [1.165, 1.54) is 11.1 Å². The van der Waals surface area contributed by atoms with Crippen molar-refractivity contribution in [2.45, 2.75) is 0 Å². The molecule has 0 N–H and O–H groups in total. The molecule has 0 amide bonds. The van der Waals surface area contributed by atoms with Crippen LogP contribution in [0.4, 0.5) is 0 Å². The first kappa shape index (κ1) is 29.9. The molecule has 2 aromatic heterocycles. The maximum atomic E-state index is 9.46. The third kappa shape index (κ3) is 5.61. The van der Waals surface area contributed by atoms with E-state index >= 15 is 0 Å². The Kier molecular flexibility index (Phi) is 7.46. The Morgan fingerprint density at radius 1 is 0.392 bits per heavy atom. The van der Waals surface area contributed by atoms with E-state index in [0.29, 0.717) is 23.0 Å². The van der Waals surface area contributed by atoms with Gasteiger partial charge in [0.2, 0.25) is 0 Å². The standard InChI is InChI=1S/C46H28N4O/c47-29-30-12-9-17-33(26-30)34-18-10-19-35(27-34)45-48-44(32-15-5-2-6-16-32)49-46(50-45)36-24-25-40-42(28-36)51-41-23-11-22-39(43(40)41)38-21-8-7-20-37(38)31-13-3-1-4-14-31/h1-28H. The molecule has 51 heavy (non-hydrogen) atoms. The molecule has 5 heteroatoms. The van der Waals surface area contributed by atoms with E-state index in [1.807, 2.05) is 84.9 Å². The zero-order valence-corrected chi connectivity index (χ0v) is 27.4. The van der Waals surface area contributed by atoms with Gasteiger partial charge in [0.05, 0.1) is 11.6 Å². The molecule has 2 heterocycles. The minimum atomic E-state index is 0.549. The summed E-state index contributed by atoms with van der Waals surface area (Å²) >= 11 is 0. The second-order valence-electron chi connectivity index (χ2n) is 12.3. The van der Waals surface area contributed by atoms with Gasteiger partial charge in [0.15, 0.2) is 17.5 Å². The highest BCUT2D eigenvalue weighted by molar-refractivity contribution is 6.14. The fourth-order valence-electron chi connectivity index (χ4n) is 6.73. The van der Waals surface area contributed by atoms with Crippen molar-refractivity contribution >= 4 is 21.9 Å². The van der Waals surface area contributed by atoms with Crippen LogP contribution in [0.2, 0.25) is 0 Å². The average Bonchev–Trinajstić information content (AvgIpc) is 3.60. The molecule has 0 atom stereocenters. The normalized spacial score (nSPS) is 11.1. The third-order valence-electron chi connectivity index (χ3n) is 9.17. The molecule has 238 valence electrons. The number of benzene rings is 7. The molecule has 0 saturated heterocycles. The van der Waals surface area contributed by atoms with E-state index in [4.69, 9.17) is 19.4 Å². The van der Waals surface area contributed by atoms with Gasteiger partial charge in [-0.05, 0) is 69.8 Å². The zero-order valence-electron chi connectivity index (χ0n) is 27.4. The van der Waals surface area contributed by atoms with Crippen LogP contribution >= 0.6 is 0 Å². The maximum absolute atomic E-state index is 9.46. The fourth-order valence-corrected chi connectivity index (χ4v) is 6.73. The lowest BCUT2D eigenvalue weighted by molar-refractivity contribution is 0.669. The monoisotopic (exact) mass is 652 g/mol. The van der Waals surface area contributed by atoms with Gasteiger partial charge in [-0.3, -0.25) is 0 Å². The van der Waals surface area contributed by atoms with Crippen LogP contribution in [-0.4, -0.2) is 15.0 Å². The number of fused-ring (bicyclic) bond motifs is 3. The smallest absolute Gasteiger partial charge is 0.164 e. The van der Waals surface area contributed by atoms with Crippen molar-refractivity contribution in [3.05, 3.63) is 175 Å². The lowest BCUT2D eigenvalue weighted by Crippen LogP contribution is -2.00. The van der Waals surface area contributed by atoms with Gasteiger partial charge in [-0.25, -0.2) is 15.0 Å². The molecule has 7 aromatic carbocycles. The molecule has 0 aliphatic rings. The van der Waals surface area contributed by atoms with Crippen LogP contribution in [0, 0.1) is 11.3 Å². The lowest BCUT2D eigenvalue weighted by atomic mass is 9.92. The SMILES string of the molecule is N#Cc1cccc(-c2cccc(-c3nc(-c4ccccc4)nc(-c4ccc5c(c4)oc4cccc(-c6ccccc6-c6ccccc6)c45)n3)c2)c1. The van der Waals surface area contributed by atoms with Gasteiger partial charge in [0.25, 0.3) is 0 Å². The molecule has 0 radical (unpaired) electrons. The first-order valence-electron chi connectivity index (χ1n) is 16.7. The predicted octanol–water partition coefficient (Wildman–Crippen LogP) is 11.6. The topological polar surface area (TPSA) is 75.6 Å². The molecular formula is C46H28N4O. The third-order valence-corrected chi connectivity index (χ3v) is 9.17. The summed E-state index contributed by atoms with van der Waals surface area (Å²) in [5.41, 5.74) is 11.3. The summed E-state index contributed by atoms with van der Waals surface area (Å²) in [6, 6.07) is 59.3. The quantitative estimate of drug-likeness (QED) is 0.179. The highest BCUT2D eigenvalue weighted by atomic mass is 16.3. The molecule has 0 bridgehead atoms. The Morgan fingerprint density at radius 2 is 0.941 bits per heavy atom. The Morgan fingerprint density at radius 3 is 1.69 bits per heavy atom. The minimum Gasteiger partial charge on any atom is -0.456 e. The van der Waals surface area contributed by atoms with Gasteiger partial charge in [-0.2, -0.15) is 5.26 Å². The van der Waals surface area contributed by atoms with Crippen molar-refractivity contribution < 1.29 is 4.42 Å². The zero-order chi connectivity index (χ0) is 34.1. The van der Waals surface area contributed by atoms with E-state index in [1.54, 1.807) is 6.07 Å². The lowest BCUT2D eigenvalue weighted by Gasteiger charge is -2.11. The van der Waals surface area contributed by atoms with Gasteiger partial charge in [-0.15, -0.1) is 0 Å². The number of furan rings is 1. The van der Waals surface area contributed by atoms with Crippen molar-refractivity contribution in [3.63, 3.8) is 0 Å². The van der Waals surface area contributed by atoms with E-state index in [0.717, 1.165) is 60.9 Å². The van der Waals surface area contributed by atoms with Gasteiger partial charge in [0.1, 0.15) is 11.2 Å². The second-order valence-corrected chi connectivity index (χ2v) is 12.3. The molecule has 9 rings (SSSR count). The molecule has 9 aromatic rings. The highest BCUT2D eigenvalue weighted by Crippen LogP contribution is 2.41. The summed E-state index contributed by atoms with van der Waals surface area (Å²) in [7, 11) is 0. The van der Waals surface area contributed by atoms with Crippen LogP contribution in [0.1, 0.15) is 5.56 Å².